The molecule has 1 aliphatic heterocycles. The van der Waals surface area contributed by atoms with Crippen LogP contribution in [0.25, 0.3) is 11.4 Å². The Hall–Kier alpha value is -3.30. The first-order chi connectivity index (χ1) is 16.5. The average Bonchev–Trinajstić information content (AvgIpc) is 3.32. The number of ether oxygens (including phenoxy) is 1. The third kappa shape index (κ3) is 6.18. The first-order valence-corrected chi connectivity index (χ1v) is 11.5. The lowest BCUT2D eigenvalue weighted by Crippen LogP contribution is -2.49. The number of nitrogens with zero attached hydrogens (tertiary/aromatic N) is 5. The molecule has 1 aliphatic rings. The van der Waals surface area contributed by atoms with Gasteiger partial charge in [-0.2, -0.15) is 4.98 Å². The van der Waals surface area contributed by atoms with E-state index in [4.69, 9.17) is 9.26 Å². The van der Waals surface area contributed by atoms with E-state index in [-0.39, 0.29) is 11.7 Å². The molecule has 0 aliphatic carbocycles. The summed E-state index contributed by atoms with van der Waals surface area (Å²) in [6, 6.07) is 13.9. The molecule has 9 heteroatoms. The molecule has 8 nitrogen and oxygen atoms in total. The van der Waals surface area contributed by atoms with Crippen LogP contribution >= 0.6 is 0 Å². The summed E-state index contributed by atoms with van der Waals surface area (Å²) in [5.74, 6) is 1.68. The van der Waals surface area contributed by atoms with Gasteiger partial charge < -0.3 is 14.2 Å². The number of amides is 1. The van der Waals surface area contributed by atoms with Crippen molar-refractivity contribution in [3.8, 4) is 17.1 Å². The Morgan fingerprint density at radius 2 is 1.85 bits per heavy atom. The Morgan fingerprint density at radius 1 is 1.12 bits per heavy atom. The Morgan fingerprint density at radius 3 is 2.53 bits per heavy atom. The minimum atomic E-state index is -0.283. The third-order valence-corrected chi connectivity index (χ3v) is 6.00. The second kappa shape index (κ2) is 11.2. The summed E-state index contributed by atoms with van der Waals surface area (Å²) in [5.41, 5.74) is 1.67. The number of methoxy groups -OCH3 is 1. The fourth-order valence-electron chi connectivity index (χ4n) is 4.00. The van der Waals surface area contributed by atoms with Crippen molar-refractivity contribution in [3.05, 3.63) is 65.8 Å². The Bertz CT molecular complexity index is 1080. The number of aromatic nitrogens is 2. The quantitative estimate of drug-likeness (QED) is 0.479. The van der Waals surface area contributed by atoms with Crippen LogP contribution in [0.1, 0.15) is 18.4 Å². The molecule has 0 N–H and O–H groups in total. The van der Waals surface area contributed by atoms with E-state index in [2.05, 4.69) is 19.9 Å². The summed E-state index contributed by atoms with van der Waals surface area (Å²) in [6.07, 6.45) is 0. The van der Waals surface area contributed by atoms with Crippen molar-refractivity contribution in [2.75, 3.05) is 46.4 Å². The maximum absolute atomic E-state index is 13.5. The smallest absolute Gasteiger partial charge is 0.241 e. The molecule has 4 rings (SSSR count). The molecule has 0 radical (unpaired) electrons. The van der Waals surface area contributed by atoms with Gasteiger partial charge >= 0.3 is 0 Å². The van der Waals surface area contributed by atoms with Gasteiger partial charge in [-0.3, -0.25) is 14.6 Å². The zero-order valence-corrected chi connectivity index (χ0v) is 19.6. The van der Waals surface area contributed by atoms with Crippen LogP contribution in [0.5, 0.6) is 5.75 Å². The standard InChI is InChI=1S/C25H30FN5O3/c1-3-31(16-19-5-4-6-21(26)15-19)24(32)18-30-13-11-29(12-14-30)17-23-27-25(28-34-23)20-7-9-22(33-2)10-8-20/h4-10,15H,3,11-14,16-18H2,1-2H3. The Labute approximate surface area is 198 Å². The van der Waals surface area contributed by atoms with Gasteiger partial charge in [-0.15, -0.1) is 0 Å². The highest BCUT2D eigenvalue weighted by Crippen LogP contribution is 2.20. The van der Waals surface area contributed by atoms with E-state index < -0.39 is 0 Å². The zero-order chi connectivity index (χ0) is 23.9. The SMILES string of the molecule is CCN(Cc1cccc(F)c1)C(=O)CN1CCN(Cc2nc(-c3ccc(OC)cc3)no2)CC1. The van der Waals surface area contributed by atoms with Gasteiger partial charge in [-0.05, 0) is 48.9 Å². The number of halogens is 1. The number of rotatable bonds is 9. The predicted octanol–water partition coefficient (Wildman–Crippen LogP) is 3.05. The van der Waals surface area contributed by atoms with Crippen molar-refractivity contribution in [1.29, 1.82) is 0 Å². The number of carbonyl (C=O) groups is 1. The molecule has 0 bridgehead atoms. The van der Waals surface area contributed by atoms with Gasteiger partial charge in [0.15, 0.2) is 0 Å². The first kappa shape index (κ1) is 23.8. The minimum absolute atomic E-state index is 0.0567. The topological polar surface area (TPSA) is 74.9 Å². The van der Waals surface area contributed by atoms with Crippen molar-refractivity contribution in [2.45, 2.75) is 20.0 Å². The molecule has 180 valence electrons. The van der Waals surface area contributed by atoms with Gasteiger partial charge in [-0.25, -0.2) is 4.39 Å². The largest absolute Gasteiger partial charge is 0.497 e. The fourth-order valence-corrected chi connectivity index (χ4v) is 4.00. The molecule has 1 aromatic heterocycles. The number of carbonyl (C=O) groups excluding carboxylic acids is 1. The molecule has 34 heavy (non-hydrogen) atoms. The molecule has 0 unspecified atom stereocenters. The number of benzene rings is 2. The van der Waals surface area contributed by atoms with Gasteiger partial charge in [-0.1, -0.05) is 17.3 Å². The maximum atomic E-state index is 13.5. The molecular formula is C25H30FN5O3. The van der Waals surface area contributed by atoms with Gasteiger partial charge in [0, 0.05) is 44.8 Å². The van der Waals surface area contributed by atoms with Gasteiger partial charge in [0.1, 0.15) is 11.6 Å². The van der Waals surface area contributed by atoms with Crippen molar-refractivity contribution < 1.29 is 18.4 Å². The summed E-state index contributed by atoms with van der Waals surface area (Å²) < 4.78 is 24.1. The van der Waals surface area contributed by atoms with Gasteiger partial charge in [0.2, 0.25) is 17.6 Å². The van der Waals surface area contributed by atoms with Gasteiger partial charge in [0.25, 0.3) is 0 Å². The van der Waals surface area contributed by atoms with Crippen LogP contribution in [0.15, 0.2) is 53.1 Å². The lowest BCUT2D eigenvalue weighted by molar-refractivity contribution is -0.133. The van der Waals surface area contributed by atoms with Crippen LogP contribution < -0.4 is 4.74 Å². The molecule has 0 saturated carbocycles. The highest BCUT2D eigenvalue weighted by Gasteiger charge is 2.23. The second-order valence-corrected chi connectivity index (χ2v) is 8.33. The highest BCUT2D eigenvalue weighted by molar-refractivity contribution is 5.78. The Balaban J connectivity index is 1.24. The lowest BCUT2D eigenvalue weighted by Gasteiger charge is -2.34. The van der Waals surface area contributed by atoms with Crippen LogP contribution in [0.3, 0.4) is 0 Å². The molecule has 0 atom stereocenters. The molecule has 1 amide bonds. The zero-order valence-electron chi connectivity index (χ0n) is 19.6. The number of likely N-dealkylation sites (N-methyl/N-ethyl adjacent to an activating group) is 1. The van der Waals surface area contributed by atoms with Crippen molar-refractivity contribution in [1.82, 2.24) is 24.8 Å². The van der Waals surface area contributed by atoms with E-state index in [0.29, 0.717) is 37.9 Å². The Kier molecular flexibility index (Phi) is 7.87. The summed E-state index contributed by atoms with van der Waals surface area (Å²) >= 11 is 0. The summed E-state index contributed by atoms with van der Waals surface area (Å²) in [6.45, 7) is 7.06. The molecule has 1 fully saturated rings. The van der Waals surface area contributed by atoms with Crippen LogP contribution in [0, 0.1) is 5.82 Å². The average molecular weight is 468 g/mol. The molecule has 2 heterocycles. The van der Waals surface area contributed by atoms with E-state index in [9.17, 15) is 9.18 Å². The minimum Gasteiger partial charge on any atom is -0.497 e. The van der Waals surface area contributed by atoms with E-state index in [0.717, 1.165) is 43.1 Å². The molecule has 3 aromatic rings. The lowest BCUT2D eigenvalue weighted by atomic mass is 10.2. The molecule has 2 aromatic carbocycles. The fraction of sp³-hybridized carbons (Fsp3) is 0.400. The molecular weight excluding hydrogens is 437 g/mol. The summed E-state index contributed by atoms with van der Waals surface area (Å²) in [5, 5.41) is 4.09. The van der Waals surface area contributed by atoms with Crippen LogP contribution in [0.4, 0.5) is 4.39 Å². The van der Waals surface area contributed by atoms with Crippen molar-refractivity contribution in [2.24, 2.45) is 0 Å². The summed E-state index contributed by atoms with van der Waals surface area (Å²) in [7, 11) is 1.63. The van der Waals surface area contributed by atoms with Crippen molar-refractivity contribution >= 4 is 5.91 Å². The van der Waals surface area contributed by atoms with E-state index >= 15 is 0 Å². The molecule has 1 saturated heterocycles. The number of piperazine rings is 1. The second-order valence-electron chi connectivity index (χ2n) is 8.33. The summed E-state index contributed by atoms with van der Waals surface area (Å²) in [4.78, 5) is 23.5. The monoisotopic (exact) mass is 467 g/mol. The molecule has 0 spiro atoms. The van der Waals surface area contributed by atoms with Gasteiger partial charge in [0.05, 0.1) is 20.2 Å². The maximum Gasteiger partial charge on any atom is 0.241 e. The number of hydrogen-bond acceptors (Lipinski definition) is 7. The predicted molar refractivity (Wildman–Crippen MR) is 125 cm³/mol. The van der Waals surface area contributed by atoms with Crippen LogP contribution in [-0.2, 0) is 17.9 Å². The number of hydrogen-bond donors (Lipinski definition) is 0. The van der Waals surface area contributed by atoms with Crippen molar-refractivity contribution in [3.63, 3.8) is 0 Å². The van der Waals surface area contributed by atoms with E-state index in [1.54, 1.807) is 18.1 Å². The van der Waals surface area contributed by atoms with Crippen LogP contribution in [0.2, 0.25) is 0 Å². The normalized spacial score (nSPS) is 14.8. The van der Waals surface area contributed by atoms with Crippen LogP contribution in [-0.4, -0.2) is 77.1 Å². The van der Waals surface area contributed by atoms with E-state index in [1.807, 2.05) is 37.3 Å². The highest BCUT2D eigenvalue weighted by atomic mass is 19.1. The van der Waals surface area contributed by atoms with E-state index in [1.165, 1.54) is 12.1 Å². The third-order valence-electron chi connectivity index (χ3n) is 6.00. The first-order valence-electron chi connectivity index (χ1n) is 11.5.